The van der Waals surface area contributed by atoms with Gasteiger partial charge in [-0.15, -0.1) is 0 Å². The lowest BCUT2D eigenvalue weighted by Crippen LogP contribution is -2.15. The summed E-state index contributed by atoms with van der Waals surface area (Å²) in [5, 5.41) is 7.42. The van der Waals surface area contributed by atoms with E-state index < -0.39 is 0 Å². The van der Waals surface area contributed by atoms with Gasteiger partial charge in [-0.1, -0.05) is 12.1 Å². The van der Waals surface area contributed by atoms with Gasteiger partial charge in [-0.25, -0.2) is 0 Å². The van der Waals surface area contributed by atoms with Gasteiger partial charge in [-0.3, -0.25) is 9.48 Å². The number of carbonyl (C=O) groups is 1. The standard InChI is InChI=1S/C16H22N4O/c1-10(2)20-12(4)16(11(3)19-20)18-15(21)9-13-6-5-7-14(17)8-13/h5-8,10H,9,17H2,1-4H3,(H,18,21). The zero-order valence-corrected chi connectivity index (χ0v) is 13.0. The number of nitrogens with one attached hydrogen (secondary N) is 1. The molecule has 0 aliphatic heterocycles. The summed E-state index contributed by atoms with van der Waals surface area (Å²) in [6.07, 6.45) is 0.302. The fraction of sp³-hybridized carbons (Fsp3) is 0.375. The number of anilines is 2. The number of benzene rings is 1. The number of hydrogen-bond donors (Lipinski definition) is 2. The maximum absolute atomic E-state index is 12.2. The Morgan fingerprint density at radius 1 is 1.38 bits per heavy atom. The Morgan fingerprint density at radius 3 is 2.67 bits per heavy atom. The van der Waals surface area contributed by atoms with E-state index in [1.54, 1.807) is 0 Å². The van der Waals surface area contributed by atoms with Crippen molar-refractivity contribution in [1.29, 1.82) is 0 Å². The normalized spacial score (nSPS) is 10.9. The zero-order valence-electron chi connectivity index (χ0n) is 13.0. The molecule has 0 bridgehead atoms. The van der Waals surface area contributed by atoms with Crippen molar-refractivity contribution >= 4 is 17.3 Å². The molecule has 5 heteroatoms. The molecule has 1 aromatic heterocycles. The predicted molar refractivity (Wildman–Crippen MR) is 85.3 cm³/mol. The molecule has 5 nitrogen and oxygen atoms in total. The second-order valence-electron chi connectivity index (χ2n) is 5.55. The molecule has 0 atom stereocenters. The molecule has 0 aliphatic carbocycles. The molecule has 0 unspecified atom stereocenters. The third-order valence-corrected chi connectivity index (χ3v) is 3.39. The number of nitrogen functional groups attached to an aromatic ring is 1. The number of carbonyl (C=O) groups excluding carboxylic acids is 1. The highest BCUT2D eigenvalue weighted by molar-refractivity contribution is 5.93. The van der Waals surface area contributed by atoms with Crippen LogP contribution in [0.2, 0.25) is 0 Å². The van der Waals surface area contributed by atoms with Crippen LogP contribution in [0.5, 0.6) is 0 Å². The summed E-state index contributed by atoms with van der Waals surface area (Å²) in [7, 11) is 0. The molecule has 1 heterocycles. The number of rotatable bonds is 4. The van der Waals surface area contributed by atoms with Crippen LogP contribution in [0.25, 0.3) is 0 Å². The molecular weight excluding hydrogens is 264 g/mol. The molecule has 21 heavy (non-hydrogen) atoms. The topological polar surface area (TPSA) is 72.9 Å². The highest BCUT2D eigenvalue weighted by Gasteiger charge is 2.15. The molecule has 0 saturated carbocycles. The average Bonchev–Trinajstić information content (AvgIpc) is 2.67. The molecule has 0 fully saturated rings. The quantitative estimate of drug-likeness (QED) is 0.849. The lowest BCUT2D eigenvalue weighted by molar-refractivity contribution is -0.115. The molecule has 112 valence electrons. The minimum atomic E-state index is -0.0601. The van der Waals surface area contributed by atoms with Gasteiger partial charge in [0, 0.05) is 11.7 Å². The van der Waals surface area contributed by atoms with E-state index in [1.165, 1.54) is 0 Å². The lowest BCUT2D eigenvalue weighted by atomic mass is 10.1. The van der Waals surface area contributed by atoms with Crippen molar-refractivity contribution in [2.75, 3.05) is 11.1 Å². The number of aryl methyl sites for hydroxylation is 1. The van der Waals surface area contributed by atoms with E-state index in [2.05, 4.69) is 24.3 Å². The maximum atomic E-state index is 12.2. The fourth-order valence-corrected chi connectivity index (χ4v) is 2.42. The molecule has 0 spiro atoms. The zero-order chi connectivity index (χ0) is 15.6. The molecule has 1 aromatic carbocycles. The molecule has 0 aliphatic rings. The van der Waals surface area contributed by atoms with Gasteiger partial charge < -0.3 is 11.1 Å². The van der Waals surface area contributed by atoms with Gasteiger partial charge in [-0.05, 0) is 45.4 Å². The number of aromatic nitrogens is 2. The molecule has 1 amide bonds. The van der Waals surface area contributed by atoms with E-state index in [9.17, 15) is 4.79 Å². The molecule has 3 N–H and O–H groups in total. The summed E-state index contributed by atoms with van der Waals surface area (Å²) in [6, 6.07) is 7.64. The maximum Gasteiger partial charge on any atom is 0.228 e. The van der Waals surface area contributed by atoms with Crippen LogP contribution in [0.1, 0.15) is 36.8 Å². The molecule has 2 aromatic rings. The van der Waals surface area contributed by atoms with E-state index in [4.69, 9.17) is 5.73 Å². The fourth-order valence-electron chi connectivity index (χ4n) is 2.42. The van der Waals surface area contributed by atoms with Crippen LogP contribution in [-0.4, -0.2) is 15.7 Å². The summed E-state index contributed by atoms with van der Waals surface area (Å²) < 4.78 is 1.92. The first kappa shape index (κ1) is 15.1. The Morgan fingerprint density at radius 2 is 2.10 bits per heavy atom. The number of hydrogen-bond acceptors (Lipinski definition) is 3. The third kappa shape index (κ3) is 3.42. The Bertz CT molecular complexity index is 658. The van der Waals surface area contributed by atoms with Crippen LogP contribution in [0.4, 0.5) is 11.4 Å². The number of amides is 1. The van der Waals surface area contributed by atoms with Crippen LogP contribution in [-0.2, 0) is 11.2 Å². The molecular formula is C16H22N4O. The highest BCUT2D eigenvalue weighted by atomic mass is 16.1. The number of nitrogens with two attached hydrogens (primary N) is 1. The van der Waals surface area contributed by atoms with Gasteiger partial charge in [0.15, 0.2) is 0 Å². The van der Waals surface area contributed by atoms with Crippen molar-refractivity contribution in [2.45, 2.75) is 40.2 Å². The van der Waals surface area contributed by atoms with E-state index in [-0.39, 0.29) is 11.9 Å². The van der Waals surface area contributed by atoms with Crippen molar-refractivity contribution < 1.29 is 4.79 Å². The monoisotopic (exact) mass is 286 g/mol. The summed E-state index contributed by atoms with van der Waals surface area (Å²) in [5.41, 5.74) is 9.91. The minimum absolute atomic E-state index is 0.0601. The first-order valence-corrected chi connectivity index (χ1v) is 7.08. The van der Waals surface area contributed by atoms with Gasteiger partial charge in [-0.2, -0.15) is 5.10 Å². The summed E-state index contributed by atoms with van der Waals surface area (Å²) >= 11 is 0. The van der Waals surface area contributed by atoms with Crippen LogP contribution >= 0.6 is 0 Å². The Labute approximate surface area is 125 Å². The largest absolute Gasteiger partial charge is 0.399 e. The summed E-state index contributed by atoms with van der Waals surface area (Å²) in [5.74, 6) is -0.0601. The van der Waals surface area contributed by atoms with Gasteiger partial charge in [0.2, 0.25) is 5.91 Å². The van der Waals surface area contributed by atoms with Crippen molar-refractivity contribution in [3.05, 3.63) is 41.2 Å². The summed E-state index contributed by atoms with van der Waals surface area (Å²) in [4.78, 5) is 12.2. The first-order valence-electron chi connectivity index (χ1n) is 7.08. The van der Waals surface area contributed by atoms with E-state index in [0.29, 0.717) is 12.1 Å². The molecule has 2 rings (SSSR count). The average molecular weight is 286 g/mol. The SMILES string of the molecule is Cc1nn(C(C)C)c(C)c1NC(=O)Cc1cccc(N)c1. The van der Waals surface area contributed by atoms with Crippen molar-refractivity contribution in [3.63, 3.8) is 0 Å². The van der Waals surface area contributed by atoms with E-state index in [1.807, 2.05) is 42.8 Å². The van der Waals surface area contributed by atoms with E-state index in [0.717, 1.165) is 22.6 Å². The van der Waals surface area contributed by atoms with Gasteiger partial charge in [0.1, 0.15) is 0 Å². The first-order chi connectivity index (χ1) is 9.88. The molecule has 0 saturated heterocycles. The minimum Gasteiger partial charge on any atom is -0.399 e. The van der Waals surface area contributed by atoms with Crippen LogP contribution < -0.4 is 11.1 Å². The summed E-state index contributed by atoms with van der Waals surface area (Å²) in [6.45, 7) is 8.01. The second kappa shape index (κ2) is 5.99. The number of nitrogens with zero attached hydrogens (tertiary/aromatic N) is 2. The highest BCUT2D eigenvalue weighted by Crippen LogP contribution is 2.22. The van der Waals surface area contributed by atoms with Crippen molar-refractivity contribution in [1.82, 2.24) is 9.78 Å². The van der Waals surface area contributed by atoms with Gasteiger partial charge in [0.25, 0.3) is 0 Å². The third-order valence-electron chi connectivity index (χ3n) is 3.39. The van der Waals surface area contributed by atoms with Gasteiger partial charge >= 0.3 is 0 Å². The van der Waals surface area contributed by atoms with Gasteiger partial charge in [0.05, 0.1) is 23.5 Å². The Balaban J connectivity index is 2.13. The van der Waals surface area contributed by atoms with Crippen LogP contribution in [0.3, 0.4) is 0 Å². The van der Waals surface area contributed by atoms with Crippen molar-refractivity contribution in [2.24, 2.45) is 0 Å². The second-order valence-corrected chi connectivity index (χ2v) is 5.55. The van der Waals surface area contributed by atoms with E-state index >= 15 is 0 Å². The van der Waals surface area contributed by atoms with Crippen LogP contribution in [0, 0.1) is 13.8 Å². The Kier molecular flexibility index (Phi) is 4.31. The lowest BCUT2D eigenvalue weighted by Gasteiger charge is -2.09. The van der Waals surface area contributed by atoms with Crippen molar-refractivity contribution in [3.8, 4) is 0 Å². The van der Waals surface area contributed by atoms with Crippen LogP contribution in [0.15, 0.2) is 24.3 Å². The predicted octanol–water partition coefficient (Wildman–Crippen LogP) is 2.84. The molecule has 0 radical (unpaired) electrons. The smallest absolute Gasteiger partial charge is 0.228 e. The Hall–Kier alpha value is -2.30.